The molecule has 1 heterocycles. The summed E-state index contributed by atoms with van der Waals surface area (Å²) in [6.45, 7) is 10.1. The van der Waals surface area contributed by atoms with Gasteiger partial charge in [0.25, 0.3) is 0 Å². The number of rotatable bonds is 6. The number of benzene rings is 1. The molecule has 0 radical (unpaired) electrons. The Morgan fingerprint density at radius 1 is 1.05 bits per heavy atom. The van der Waals surface area contributed by atoms with E-state index in [1.807, 2.05) is 11.3 Å². The highest BCUT2D eigenvalue weighted by Gasteiger charge is 2.12. The molecule has 1 nitrogen and oxygen atoms in total. The van der Waals surface area contributed by atoms with Crippen molar-refractivity contribution in [1.29, 1.82) is 0 Å². The minimum absolute atomic E-state index is 0.444. The van der Waals surface area contributed by atoms with Crippen LogP contribution in [0.3, 0.4) is 0 Å². The van der Waals surface area contributed by atoms with Gasteiger partial charge in [0.05, 0.1) is 0 Å². The van der Waals surface area contributed by atoms with E-state index in [0.29, 0.717) is 12.0 Å². The fourth-order valence-corrected chi connectivity index (χ4v) is 3.50. The van der Waals surface area contributed by atoms with Crippen LogP contribution in [-0.4, -0.2) is 6.54 Å². The second-order valence-corrected chi connectivity index (χ2v) is 6.74. The van der Waals surface area contributed by atoms with Gasteiger partial charge in [-0.2, -0.15) is 0 Å². The van der Waals surface area contributed by atoms with E-state index in [2.05, 4.69) is 69.4 Å². The number of nitrogens with one attached hydrogen (secondary N) is 1. The van der Waals surface area contributed by atoms with Crippen LogP contribution in [0.2, 0.25) is 0 Å². The maximum atomic E-state index is 3.56. The topological polar surface area (TPSA) is 12.0 Å². The van der Waals surface area contributed by atoms with Gasteiger partial charge in [0, 0.05) is 15.8 Å². The summed E-state index contributed by atoms with van der Waals surface area (Å²) in [4.78, 5) is 2.81. The smallest absolute Gasteiger partial charge is 0.0386 e. The predicted molar refractivity (Wildman–Crippen MR) is 90.6 cm³/mol. The monoisotopic (exact) mass is 287 g/mol. The minimum atomic E-state index is 0.444. The molecule has 1 atom stereocenters. The number of hydrogen-bond acceptors (Lipinski definition) is 2. The van der Waals surface area contributed by atoms with Gasteiger partial charge in [-0.3, -0.25) is 0 Å². The average molecular weight is 287 g/mol. The molecule has 2 aromatic rings. The summed E-state index contributed by atoms with van der Waals surface area (Å²) in [6.07, 6.45) is 1.18. The summed E-state index contributed by atoms with van der Waals surface area (Å²) < 4.78 is 0. The third-order valence-electron chi connectivity index (χ3n) is 3.60. The highest BCUT2D eigenvalue weighted by Crippen LogP contribution is 2.35. The molecule has 0 saturated heterocycles. The van der Waals surface area contributed by atoms with Gasteiger partial charge in [-0.05, 0) is 49.1 Å². The molecular weight excluding hydrogens is 262 g/mol. The van der Waals surface area contributed by atoms with E-state index in [0.717, 1.165) is 6.54 Å². The molecule has 0 aliphatic heterocycles. The summed E-state index contributed by atoms with van der Waals surface area (Å²) in [5.74, 6) is 0.562. The van der Waals surface area contributed by atoms with Crippen molar-refractivity contribution in [3.05, 3.63) is 46.8 Å². The van der Waals surface area contributed by atoms with E-state index in [1.165, 1.54) is 27.3 Å². The van der Waals surface area contributed by atoms with Crippen molar-refractivity contribution in [3.63, 3.8) is 0 Å². The van der Waals surface area contributed by atoms with Crippen LogP contribution in [0.4, 0.5) is 0 Å². The molecule has 0 bridgehead atoms. The van der Waals surface area contributed by atoms with Crippen LogP contribution in [0, 0.1) is 0 Å². The van der Waals surface area contributed by atoms with Gasteiger partial charge in [-0.15, -0.1) is 11.3 Å². The Morgan fingerprint density at radius 3 is 2.50 bits per heavy atom. The summed E-state index contributed by atoms with van der Waals surface area (Å²) >= 11 is 1.91. The van der Waals surface area contributed by atoms with Gasteiger partial charge in [0.15, 0.2) is 0 Å². The lowest BCUT2D eigenvalue weighted by atomic mass is 9.96. The molecule has 1 aromatic carbocycles. The molecule has 0 aliphatic carbocycles. The number of thiophene rings is 1. The van der Waals surface area contributed by atoms with E-state index in [-0.39, 0.29) is 0 Å². The van der Waals surface area contributed by atoms with Gasteiger partial charge >= 0.3 is 0 Å². The Kier molecular flexibility index (Phi) is 5.38. The van der Waals surface area contributed by atoms with Crippen molar-refractivity contribution in [1.82, 2.24) is 5.32 Å². The van der Waals surface area contributed by atoms with Crippen molar-refractivity contribution >= 4 is 11.3 Å². The van der Waals surface area contributed by atoms with E-state index >= 15 is 0 Å². The predicted octanol–water partition coefficient (Wildman–Crippen LogP) is 5.60. The molecule has 2 heteroatoms. The molecule has 108 valence electrons. The van der Waals surface area contributed by atoms with E-state index in [4.69, 9.17) is 0 Å². The van der Waals surface area contributed by atoms with E-state index < -0.39 is 0 Å². The van der Waals surface area contributed by atoms with Crippen LogP contribution in [0.5, 0.6) is 0 Å². The Morgan fingerprint density at radius 2 is 1.80 bits per heavy atom. The zero-order valence-electron chi connectivity index (χ0n) is 12.9. The molecule has 2 rings (SSSR count). The molecule has 0 aliphatic rings. The highest BCUT2D eigenvalue weighted by molar-refractivity contribution is 7.15. The summed E-state index contributed by atoms with van der Waals surface area (Å²) in [5, 5.41) is 3.56. The first-order valence-electron chi connectivity index (χ1n) is 7.56. The maximum absolute atomic E-state index is 3.56. The van der Waals surface area contributed by atoms with Crippen molar-refractivity contribution in [2.45, 2.75) is 46.1 Å². The molecule has 1 N–H and O–H groups in total. The second-order valence-electron chi connectivity index (χ2n) is 5.62. The zero-order valence-corrected chi connectivity index (χ0v) is 13.8. The first-order valence-corrected chi connectivity index (χ1v) is 8.37. The van der Waals surface area contributed by atoms with E-state index in [9.17, 15) is 0 Å². The van der Waals surface area contributed by atoms with Crippen LogP contribution in [0.25, 0.3) is 10.4 Å². The summed E-state index contributed by atoms with van der Waals surface area (Å²) in [7, 11) is 0. The number of hydrogen-bond donors (Lipinski definition) is 1. The van der Waals surface area contributed by atoms with Crippen LogP contribution < -0.4 is 5.32 Å². The normalized spacial score (nSPS) is 12.8. The van der Waals surface area contributed by atoms with Gasteiger partial charge in [-0.25, -0.2) is 0 Å². The van der Waals surface area contributed by atoms with Crippen LogP contribution in [0.15, 0.2) is 36.4 Å². The Bertz CT molecular complexity index is 542. The standard InChI is InChI=1S/C18H25NS/c1-5-12-19-14(4)17-10-11-18(20-17)16-9-7-6-8-15(16)13(2)3/h6-11,13-14,19H,5,12H2,1-4H3. The van der Waals surface area contributed by atoms with Crippen LogP contribution in [-0.2, 0) is 0 Å². The molecule has 1 aromatic heterocycles. The average Bonchev–Trinajstić information content (AvgIpc) is 2.94. The van der Waals surface area contributed by atoms with Crippen molar-refractivity contribution in [3.8, 4) is 10.4 Å². The third-order valence-corrected chi connectivity index (χ3v) is 4.90. The molecule has 0 amide bonds. The first kappa shape index (κ1) is 15.3. The summed E-state index contributed by atoms with van der Waals surface area (Å²) in [6, 6.07) is 13.8. The zero-order chi connectivity index (χ0) is 14.5. The fourth-order valence-electron chi connectivity index (χ4n) is 2.42. The van der Waals surface area contributed by atoms with Crippen LogP contribution in [0.1, 0.15) is 56.5 Å². The maximum Gasteiger partial charge on any atom is 0.0386 e. The minimum Gasteiger partial charge on any atom is -0.309 e. The Hall–Kier alpha value is -1.12. The first-order chi connectivity index (χ1) is 9.63. The van der Waals surface area contributed by atoms with Gasteiger partial charge in [0.1, 0.15) is 0 Å². The summed E-state index contributed by atoms with van der Waals surface area (Å²) in [5.41, 5.74) is 2.83. The highest BCUT2D eigenvalue weighted by atomic mass is 32.1. The fraction of sp³-hybridized carbons (Fsp3) is 0.444. The van der Waals surface area contributed by atoms with Gasteiger partial charge in [0.2, 0.25) is 0 Å². The Labute approximate surface area is 127 Å². The molecule has 20 heavy (non-hydrogen) atoms. The quantitative estimate of drug-likeness (QED) is 0.729. The lowest BCUT2D eigenvalue weighted by Gasteiger charge is -2.12. The SMILES string of the molecule is CCCNC(C)c1ccc(-c2ccccc2C(C)C)s1. The largest absolute Gasteiger partial charge is 0.309 e. The third kappa shape index (κ3) is 3.50. The van der Waals surface area contributed by atoms with Crippen LogP contribution >= 0.6 is 11.3 Å². The molecule has 0 spiro atoms. The lowest BCUT2D eigenvalue weighted by molar-refractivity contribution is 0.578. The molecule has 1 unspecified atom stereocenters. The van der Waals surface area contributed by atoms with Gasteiger partial charge < -0.3 is 5.32 Å². The molecule has 0 saturated carbocycles. The van der Waals surface area contributed by atoms with Crippen molar-refractivity contribution in [2.75, 3.05) is 6.54 Å². The Balaban J connectivity index is 2.25. The second kappa shape index (κ2) is 7.05. The van der Waals surface area contributed by atoms with Gasteiger partial charge in [-0.1, -0.05) is 45.0 Å². The molecule has 0 fully saturated rings. The van der Waals surface area contributed by atoms with E-state index in [1.54, 1.807) is 0 Å². The molecular formula is C18H25NS. The van der Waals surface area contributed by atoms with Crippen molar-refractivity contribution in [2.24, 2.45) is 0 Å². The van der Waals surface area contributed by atoms with Crippen molar-refractivity contribution < 1.29 is 0 Å². The lowest BCUT2D eigenvalue weighted by Crippen LogP contribution is -2.18.